The number of hydrogen-bond acceptors (Lipinski definition) is 3. The van der Waals surface area contributed by atoms with Crippen LogP contribution in [-0.4, -0.2) is 24.8 Å². The van der Waals surface area contributed by atoms with E-state index in [2.05, 4.69) is 31.3 Å². The number of rotatable bonds is 10. The number of Topliss-reactive ketones (excluding diaryl/α,β-unsaturated/α-hetero) is 1. The largest absolute Gasteiger partial charge is 0.484 e. The highest BCUT2D eigenvalue weighted by Crippen LogP contribution is 2.23. The number of ether oxygens (including phenoxy) is 1. The van der Waals surface area contributed by atoms with Gasteiger partial charge in [0.05, 0.1) is 0 Å². The van der Waals surface area contributed by atoms with Crippen molar-refractivity contribution >= 4 is 11.7 Å². The van der Waals surface area contributed by atoms with Gasteiger partial charge in [-0.3, -0.25) is 4.79 Å². The van der Waals surface area contributed by atoms with Gasteiger partial charge >= 0.3 is 0 Å². The van der Waals surface area contributed by atoms with Crippen molar-refractivity contribution in [2.75, 3.05) is 13.2 Å². The molecule has 0 aliphatic carbocycles. The van der Waals surface area contributed by atoms with E-state index in [1.54, 1.807) is 6.92 Å². The first kappa shape index (κ1) is 20.7. The van der Waals surface area contributed by atoms with Crippen molar-refractivity contribution in [1.29, 1.82) is 0 Å². The topological polar surface area (TPSA) is 55.4 Å². The van der Waals surface area contributed by atoms with Crippen LogP contribution in [0.4, 0.5) is 0 Å². The molecule has 0 saturated carbocycles. The normalized spacial score (nSPS) is 11.9. The summed E-state index contributed by atoms with van der Waals surface area (Å²) in [4.78, 5) is 23.2. The Kier molecular flexibility index (Phi) is 8.05. The van der Waals surface area contributed by atoms with E-state index < -0.39 is 0 Å². The Balaban J connectivity index is 1.79. The molecule has 0 bridgehead atoms. The molecule has 0 saturated heterocycles. The van der Waals surface area contributed by atoms with Gasteiger partial charge in [0.15, 0.2) is 6.61 Å². The van der Waals surface area contributed by atoms with Crippen LogP contribution in [0, 0.1) is 5.92 Å². The Bertz CT molecular complexity index is 723. The number of aryl methyl sites for hydroxylation is 1. The molecule has 1 unspecified atom stereocenters. The van der Waals surface area contributed by atoms with Crippen molar-refractivity contribution in [2.24, 2.45) is 5.92 Å². The second-order valence-electron chi connectivity index (χ2n) is 7.20. The van der Waals surface area contributed by atoms with E-state index in [-0.39, 0.29) is 24.2 Å². The number of carbonyl (C=O) groups is 2. The smallest absolute Gasteiger partial charge is 0.257 e. The number of nitrogens with one attached hydrogen (secondary N) is 1. The van der Waals surface area contributed by atoms with Crippen LogP contribution < -0.4 is 10.1 Å². The second-order valence-corrected chi connectivity index (χ2v) is 7.20. The number of amides is 1. The van der Waals surface area contributed by atoms with Gasteiger partial charge < -0.3 is 14.8 Å². The van der Waals surface area contributed by atoms with Crippen molar-refractivity contribution < 1.29 is 14.3 Å². The van der Waals surface area contributed by atoms with Gasteiger partial charge in [-0.05, 0) is 42.5 Å². The van der Waals surface area contributed by atoms with Crippen LogP contribution in [0.25, 0.3) is 0 Å². The summed E-state index contributed by atoms with van der Waals surface area (Å²) in [6.07, 6.45) is 1.27. The van der Waals surface area contributed by atoms with Gasteiger partial charge in [-0.1, -0.05) is 56.3 Å². The van der Waals surface area contributed by atoms with E-state index in [9.17, 15) is 9.59 Å². The van der Waals surface area contributed by atoms with Gasteiger partial charge in [-0.2, -0.15) is 0 Å². The number of carbonyl (C=O) groups excluding carboxylic acids is 2. The Morgan fingerprint density at radius 2 is 1.67 bits per heavy atom. The first-order valence-corrected chi connectivity index (χ1v) is 9.48. The maximum atomic E-state index is 12.1. The zero-order valence-corrected chi connectivity index (χ0v) is 16.4. The van der Waals surface area contributed by atoms with Crippen LogP contribution >= 0.6 is 0 Å². The molecule has 144 valence electrons. The minimum absolute atomic E-state index is 0.00754. The maximum Gasteiger partial charge on any atom is 0.257 e. The fourth-order valence-electron chi connectivity index (χ4n) is 2.94. The standard InChI is InChI=1S/C23H29NO3/c1-17(2)22(20-7-5-4-6-8-20)15-24-23(26)16-27-21-13-11-19(12-14-21)10-9-18(3)25/h4-8,11-14,17,22H,9-10,15-16H2,1-3H3,(H,24,26). The molecule has 0 spiro atoms. The van der Waals surface area contributed by atoms with Crippen LogP contribution in [0.15, 0.2) is 54.6 Å². The summed E-state index contributed by atoms with van der Waals surface area (Å²) < 4.78 is 5.57. The Labute approximate surface area is 161 Å². The van der Waals surface area contributed by atoms with Crippen LogP contribution in [0.2, 0.25) is 0 Å². The lowest BCUT2D eigenvalue weighted by Crippen LogP contribution is -2.33. The molecule has 4 heteroatoms. The van der Waals surface area contributed by atoms with Crippen molar-refractivity contribution in [3.05, 3.63) is 65.7 Å². The summed E-state index contributed by atoms with van der Waals surface area (Å²) in [6.45, 7) is 6.50. The van der Waals surface area contributed by atoms with Crippen molar-refractivity contribution in [2.45, 2.75) is 39.5 Å². The van der Waals surface area contributed by atoms with Crippen molar-refractivity contribution in [3.8, 4) is 5.75 Å². The summed E-state index contributed by atoms with van der Waals surface area (Å²) in [5.74, 6) is 1.41. The first-order chi connectivity index (χ1) is 13.0. The summed E-state index contributed by atoms with van der Waals surface area (Å²) in [5, 5.41) is 2.98. The zero-order chi connectivity index (χ0) is 19.6. The van der Waals surface area contributed by atoms with E-state index in [1.165, 1.54) is 5.56 Å². The van der Waals surface area contributed by atoms with Crippen LogP contribution in [0.1, 0.15) is 44.2 Å². The van der Waals surface area contributed by atoms with Crippen LogP contribution in [0.3, 0.4) is 0 Å². The molecule has 2 aromatic rings. The van der Waals surface area contributed by atoms with Gasteiger partial charge in [0.25, 0.3) is 5.91 Å². The third-order valence-corrected chi connectivity index (χ3v) is 4.61. The minimum atomic E-state index is -0.128. The van der Waals surface area contributed by atoms with E-state index in [1.807, 2.05) is 42.5 Å². The molecule has 4 nitrogen and oxygen atoms in total. The Morgan fingerprint density at radius 1 is 1.00 bits per heavy atom. The van der Waals surface area contributed by atoms with Crippen molar-refractivity contribution in [3.63, 3.8) is 0 Å². The Hall–Kier alpha value is -2.62. The number of ketones is 1. The maximum absolute atomic E-state index is 12.1. The van der Waals surface area contributed by atoms with Gasteiger partial charge in [0.1, 0.15) is 11.5 Å². The molecule has 0 fully saturated rings. The lowest BCUT2D eigenvalue weighted by atomic mass is 9.88. The van der Waals surface area contributed by atoms with Gasteiger partial charge in [-0.25, -0.2) is 0 Å². The Morgan fingerprint density at radius 3 is 2.26 bits per heavy atom. The van der Waals surface area contributed by atoms with Gasteiger partial charge in [0.2, 0.25) is 0 Å². The molecule has 1 atom stereocenters. The second kappa shape index (κ2) is 10.5. The van der Waals surface area contributed by atoms with Crippen molar-refractivity contribution in [1.82, 2.24) is 5.32 Å². The summed E-state index contributed by atoms with van der Waals surface area (Å²) in [6, 6.07) is 17.8. The SMILES string of the molecule is CC(=O)CCc1ccc(OCC(=O)NCC(c2ccccc2)C(C)C)cc1. The molecule has 0 aliphatic rings. The lowest BCUT2D eigenvalue weighted by molar-refractivity contribution is -0.123. The van der Waals surface area contributed by atoms with Crippen LogP contribution in [0.5, 0.6) is 5.75 Å². The van der Waals surface area contributed by atoms with Gasteiger partial charge in [-0.15, -0.1) is 0 Å². The molecule has 0 heterocycles. The lowest BCUT2D eigenvalue weighted by Gasteiger charge is -2.22. The van der Waals surface area contributed by atoms with E-state index in [0.717, 1.165) is 12.0 Å². The summed E-state index contributed by atoms with van der Waals surface area (Å²) >= 11 is 0. The third kappa shape index (κ3) is 7.26. The predicted molar refractivity (Wildman–Crippen MR) is 108 cm³/mol. The number of benzene rings is 2. The molecule has 27 heavy (non-hydrogen) atoms. The molecule has 0 aromatic heterocycles. The van der Waals surface area contributed by atoms with Crippen LogP contribution in [-0.2, 0) is 16.0 Å². The average molecular weight is 367 g/mol. The summed E-state index contributed by atoms with van der Waals surface area (Å²) in [5.41, 5.74) is 2.32. The van der Waals surface area contributed by atoms with E-state index in [4.69, 9.17) is 4.74 Å². The molecule has 2 rings (SSSR count). The zero-order valence-electron chi connectivity index (χ0n) is 16.4. The summed E-state index contributed by atoms with van der Waals surface area (Å²) in [7, 11) is 0. The molecule has 1 N–H and O–H groups in total. The molecule has 0 radical (unpaired) electrons. The highest BCUT2D eigenvalue weighted by atomic mass is 16.5. The molecule has 2 aromatic carbocycles. The monoisotopic (exact) mass is 367 g/mol. The van der Waals surface area contributed by atoms with Gasteiger partial charge in [0, 0.05) is 18.9 Å². The first-order valence-electron chi connectivity index (χ1n) is 9.48. The molecule has 1 amide bonds. The fourth-order valence-corrected chi connectivity index (χ4v) is 2.94. The fraction of sp³-hybridized carbons (Fsp3) is 0.391. The number of hydrogen-bond donors (Lipinski definition) is 1. The molecular formula is C23H29NO3. The van der Waals surface area contributed by atoms with E-state index >= 15 is 0 Å². The molecule has 0 aliphatic heterocycles. The predicted octanol–water partition coefficient (Wildman–Crippen LogP) is 4.14. The minimum Gasteiger partial charge on any atom is -0.484 e. The quantitative estimate of drug-likeness (QED) is 0.686. The third-order valence-electron chi connectivity index (χ3n) is 4.61. The highest BCUT2D eigenvalue weighted by Gasteiger charge is 2.16. The molecular weight excluding hydrogens is 338 g/mol. The highest BCUT2D eigenvalue weighted by molar-refractivity contribution is 5.77. The van der Waals surface area contributed by atoms with E-state index in [0.29, 0.717) is 24.6 Å². The average Bonchev–Trinajstić information content (AvgIpc) is 2.66.